The first kappa shape index (κ1) is 17.6. The molecule has 0 bridgehead atoms. The van der Waals surface area contributed by atoms with E-state index in [0.717, 1.165) is 5.69 Å². The minimum Gasteiger partial charge on any atom is -0.388 e. The van der Waals surface area contributed by atoms with E-state index in [1.54, 1.807) is 25.2 Å². The number of rotatable bonds is 7. The third kappa shape index (κ3) is 4.16. The molecule has 4 nitrogen and oxygen atoms in total. The van der Waals surface area contributed by atoms with E-state index in [0.29, 0.717) is 30.7 Å². The summed E-state index contributed by atoms with van der Waals surface area (Å²) in [5.74, 6) is -0.784. The van der Waals surface area contributed by atoms with Gasteiger partial charge >= 0.3 is 6.18 Å². The molecule has 0 aliphatic rings. The summed E-state index contributed by atoms with van der Waals surface area (Å²) >= 11 is 0. The van der Waals surface area contributed by atoms with Gasteiger partial charge in [0.15, 0.2) is 0 Å². The zero-order valence-corrected chi connectivity index (χ0v) is 13.6. The van der Waals surface area contributed by atoms with E-state index in [4.69, 9.17) is 4.74 Å². The Morgan fingerprint density at radius 3 is 2.70 bits per heavy atom. The zero-order valence-electron chi connectivity index (χ0n) is 13.6. The molecule has 2 aromatic rings. The number of ether oxygens (including phenoxy) is 1. The van der Waals surface area contributed by atoms with Crippen LogP contribution in [-0.4, -0.2) is 29.8 Å². The Kier molecular flexibility index (Phi) is 5.51. The Bertz CT molecular complexity index is 652. The van der Waals surface area contributed by atoms with Crippen LogP contribution in [0.5, 0.6) is 0 Å². The lowest BCUT2D eigenvalue weighted by atomic mass is 10.1. The zero-order chi connectivity index (χ0) is 17.0. The van der Waals surface area contributed by atoms with Crippen molar-refractivity contribution in [1.82, 2.24) is 9.55 Å². The Morgan fingerprint density at radius 2 is 2.09 bits per heavy atom. The number of halogens is 3. The number of alkyl halides is 3. The van der Waals surface area contributed by atoms with Crippen LogP contribution in [0, 0.1) is 5.92 Å². The van der Waals surface area contributed by atoms with Crippen LogP contribution >= 0.6 is 0 Å². The fourth-order valence-corrected chi connectivity index (χ4v) is 2.52. The average Bonchev–Trinajstić information content (AvgIpc) is 2.85. The van der Waals surface area contributed by atoms with E-state index in [2.05, 4.69) is 10.3 Å². The van der Waals surface area contributed by atoms with Crippen LogP contribution in [0.25, 0.3) is 11.0 Å². The van der Waals surface area contributed by atoms with E-state index in [-0.39, 0.29) is 12.5 Å². The van der Waals surface area contributed by atoms with Crippen molar-refractivity contribution < 1.29 is 17.9 Å². The van der Waals surface area contributed by atoms with Crippen LogP contribution in [0.1, 0.15) is 26.1 Å². The molecule has 0 saturated heterocycles. The van der Waals surface area contributed by atoms with Gasteiger partial charge < -0.3 is 14.6 Å². The van der Waals surface area contributed by atoms with Crippen LogP contribution in [0.3, 0.4) is 0 Å². The maximum absolute atomic E-state index is 13.3. The molecule has 1 aromatic carbocycles. The van der Waals surface area contributed by atoms with E-state index >= 15 is 0 Å². The molecule has 2 rings (SSSR count). The first-order valence-corrected chi connectivity index (χ1v) is 7.69. The van der Waals surface area contributed by atoms with Gasteiger partial charge in [-0.3, -0.25) is 0 Å². The van der Waals surface area contributed by atoms with Gasteiger partial charge in [-0.15, -0.1) is 0 Å². The maximum atomic E-state index is 13.3. The van der Waals surface area contributed by atoms with Gasteiger partial charge in [0.1, 0.15) is 0 Å². The predicted octanol–water partition coefficient (Wildman–Crippen LogP) is 4.16. The smallest absolute Gasteiger partial charge is 0.388 e. The van der Waals surface area contributed by atoms with E-state index in [1.807, 2.05) is 13.8 Å². The molecule has 128 valence electrons. The normalized spacial score (nSPS) is 13.5. The SMILES string of the molecule is CCOCCC(C)Cn1c(C(F)(F)F)nc2cc(NC)ccc21. The number of nitrogens with zero attached hydrogens (tertiary/aromatic N) is 2. The molecule has 7 heteroatoms. The van der Waals surface area contributed by atoms with Gasteiger partial charge in [0.2, 0.25) is 5.82 Å². The minimum absolute atomic E-state index is 0.0593. The highest BCUT2D eigenvalue weighted by Crippen LogP contribution is 2.33. The maximum Gasteiger partial charge on any atom is 0.449 e. The molecule has 0 saturated carbocycles. The topological polar surface area (TPSA) is 39.1 Å². The molecule has 1 N–H and O–H groups in total. The molecule has 0 spiro atoms. The molecule has 0 radical (unpaired) electrons. The molecule has 0 fully saturated rings. The van der Waals surface area contributed by atoms with Crippen molar-refractivity contribution in [3.8, 4) is 0 Å². The number of anilines is 1. The third-order valence-corrected chi connectivity index (χ3v) is 3.74. The highest BCUT2D eigenvalue weighted by molar-refractivity contribution is 5.80. The van der Waals surface area contributed by atoms with Crippen molar-refractivity contribution in [2.75, 3.05) is 25.6 Å². The summed E-state index contributed by atoms with van der Waals surface area (Å²) in [5, 5.41) is 2.91. The summed E-state index contributed by atoms with van der Waals surface area (Å²) < 4.78 is 46.5. The molecule has 23 heavy (non-hydrogen) atoms. The lowest BCUT2D eigenvalue weighted by molar-refractivity contribution is -0.147. The number of nitrogens with one attached hydrogen (secondary N) is 1. The van der Waals surface area contributed by atoms with Crippen LogP contribution in [-0.2, 0) is 17.5 Å². The Hall–Kier alpha value is -1.76. The minimum atomic E-state index is -4.47. The quantitative estimate of drug-likeness (QED) is 0.775. The summed E-state index contributed by atoms with van der Waals surface area (Å²) in [6, 6.07) is 5.07. The predicted molar refractivity (Wildman–Crippen MR) is 84.6 cm³/mol. The summed E-state index contributed by atoms with van der Waals surface area (Å²) in [4.78, 5) is 3.81. The van der Waals surface area contributed by atoms with Gasteiger partial charge in [-0.25, -0.2) is 4.98 Å². The highest BCUT2D eigenvalue weighted by Gasteiger charge is 2.37. The summed E-state index contributed by atoms with van der Waals surface area (Å²) in [6.45, 7) is 5.25. The van der Waals surface area contributed by atoms with Crippen molar-refractivity contribution in [3.63, 3.8) is 0 Å². The van der Waals surface area contributed by atoms with Gasteiger partial charge in [-0.05, 0) is 37.5 Å². The molecule has 0 amide bonds. The van der Waals surface area contributed by atoms with E-state index in [1.165, 1.54) is 4.57 Å². The first-order chi connectivity index (χ1) is 10.9. The highest BCUT2D eigenvalue weighted by atomic mass is 19.4. The Morgan fingerprint density at radius 1 is 1.35 bits per heavy atom. The van der Waals surface area contributed by atoms with E-state index in [9.17, 15) is 13.2 Å². The summed E-state index contributed by atoms with van der Waals surface area (Å²) in [7, 11) is 1.72. The van der Waals surface area contributed by atoms with Gasteiger partial charge in [0.25, 0.3) is 0 Å². The van der Waals surface area contributed by atoms with Crippen molar-refractivity contribution in [2.24, 2.45) is 5.92 Å². The fraction of sp³-hybridized carbons (Fsp3) is 0.562. The average molecular weight is 329 g/mol. The van der Waals surface area contributed by atoms with Crippen molar-refractivity contribution in [1.29, 1.82) is 0 Å². The molecule has 1 aromatic heterocycles. The number of benzene rings is 1. The molecule has 1 atom stereocenters. The number of hydrogen-bond donors (Lipinski definition) is 1. The lowest BCUT2D eigenvalue weighted by Crippen LogP contribution is -2.18. The number of aromatic nitrogens is 2. The Labute approximate surface area is 133 Å². The van der Waals surface area contributed by atoms with Gasteiger partial charge in [0.05, 0.1) is 11.0 Å². The first-order valence-electron chi connectivity index (χ1n) is 7.69. The van der Waals surface area contributed by atoms with Crippen molar-refractivity contribution >= 4 is 16.7 Å². The van der Waals surface area contributed by atoms with Gasteiger partial charge in [-0.1, -0.05) is 6.92 Å². The van der Waals surface area contributed by atoms with Crippen LogP contribution in [0.4, 0.5) is 18.9 Å². The van der Waals surface area contributed by atoms with Crippen molar-refractivity contribution in [2.45, 2.75) is 33.0 Å². The standard InChI is InChI=1S/C16H22F3N3O/c1-4-23-8-7-11(2)10-22-14-6-5-12(20-3)9-13(14)21-15(22)16(17,18)19/h5-6,9,11,20H,4,7-8,10H2,1-3H3. The molecule has 0 aliphatic heterocycles. The lowest BCUT2D eigenvalue weighted by Gasteiger charge is -2.16. The second-order valence-electron chi connectivity index (χ2n) is 5.59. The monoisotopic (exact) mass is 329 g/mol. The van der Waals surface area contributed by atoms with E-state index < -0.39 is 12.0 Å². The molecule has 1 heterocycles. The molecular formula is C16H22F3N3O. The Balaban J connectivity index is 2.35. The second-order valence-corrected chi connectivity index (χ2v) is 5.59. The molecule has 0 aliphatic carbocycles. The molecule has 1 unspecified atom stereocenters. The summed E-state index contributed by atoms with van der Waals surface area (Å²) in [6.07, 6.45) is -3.77. The van der Waals surface area contributed by atoms with Gasteiger partial charge in [-0.2, -0.15) is 13.2 Å². The fourth-order valence-electron chi connectivity index (χ4n) is 2.52. The largest absolute Gasteiger partial charge is 0.449 e. The van der Waals surface area contributed by atoms with Gasteiger partial charge in [0, 0.05) is 32.5 Å². The van der Waals surface area contributed by atoms with Crippen molar-refractivity contribution in [3.05, 3.63) is 24.0 Å². The van der Waals surface area contributed by atoms with Crippen LogP contribution in [0.2, 0.25) is 0 Å². The van der Waals surface area contributed by atoms with Crippen LogP contribution in [0.15, 0.2) is 18.2 Å². The number of imidazole rings is 1. The number of fused-ring (bicyclic) bond motifs is 1. The number of hydrogen-bond acceptors (Lipinski definition) is 3. The second kappa shape index (κ2) is 7.21. The van der Waals surface area contributed by atoms with Crippen LogP contribution < -0.4 is 5.32 Å². The molecular weight excluding hydrogens is 307 g/mol. The summed E-state index contributed by atoms with van der Waals surface area (Å²) in [5.41, 5.74) is 1.58. The third-order valence-electron chi connectivity index (χ3n) is 3.74.